The standard InChI is InChI=1S/C16H28N2O3/c1-12-6-10-18(11-7-12)9-3-8-17-15(19)13-4-2-5-14(13)16(20)21/h12-14H,2-11H2,1H3,(H,17,19)(H,20,21). The van der Waals surface area contributed by atoms with E-state index in [-0.39, 0.29) is 11.8 Å². The molecule has 1 saturated heterocycles. The van der Waals surface area contributed by atoms with Gasteiger partial charge in [0.05, 0.1) is 11.8 Å². The average Bonchev–Trinajstić information content (AvgIpc) is 2.95. The highest BCUT2D eigenvalue weighted by molar-refractivity contribution is 5.85. The third kappa shape index (κ3) is 4.70. The van der Waals surface area contributed by atoms with Crippen LogP contribution in [0.4, 0.5) is 0 Å². The molecular weight excluding hydrogens is 268 g/mol. The topological polar surface area (TPSA) is 69.6 Å². The fourth-order valence-electron chi connectivity index (χ4n) is 3.50. The Bertz CT molecular complexity index is 365. The fraction of sp³-hybridized carbons (Fsp3) is 0.875. The van der Waals surface area contributed by atoms with Crippen molar-refractivity contribution in [2.24, 2.45) is 17.8 Å². The molecule has 1 saturated carbocycles. The number of hydrogen-bond acceptors (Lipinski definition) is 3. The number of carbonyl (C=O) groups is 2. The van der Waals surface area contributed by atoms with Gasteiger partial charge >= 0.3 is 5.97 Å². The van der Waals surface area contributed by atoms with Gasteiger partial charge in [0.1, 0.15) is 0 Å². The summed E-state index contributed by atoms with van der Waals surface area (Å²) in [6, 6.07) is 0. The molecule has 1 aliphatic carbocycles. The SMILES string of the molecule is CC1CCN(CCCNC(=O)C2CCCC2C(=O)O)CC1. The summed E-state index contributed by atoms with van der Waals surface area (Å²) in [7, 11) is 0. The maximum atomic E-state index is 12.1. The van der Waals surface area contributed by atoms with E-state index in [0.717, 1.165) is 25.3 Å². The number of rotatable bonds is 6. The van der Waals surface area contributed by atoms with Gasteiger partial charge in [0.15, 0.2) is 0 Å². The highest BCUT2D eigenvalue weighted by Gasteiger charge is 2.37. The molecule has 5 heteroatoms. The van der Waals surface area contributed by atoms with Gasteiger partial charge in [-0.05, 0) is 57.7 Å². The highest BCUT2D eigenvalue weighted by Crippen LogP contribution is 2.31. The Hall–Kier alpha value is -1.10. The predicted molar refractivity (Wildman–Crippen MR) is 80.9 cm³/mol. The first-order chi connectivity index (χ1) is 10.1. The quantitative estimate of drug-likeness (QED) is 0.732. The van der Waals surface area contributed by atoms with Crippen LogP contribution in [0.2, 0.25) is 0 Å². The van der Waals surface area contributed by atoms with Crippen molar-refractivity contribution in [3.8, 4) is 0 Å². The van der Waals surface area contributed by atoms with Crippen LogP contribution in [0, 0.1) is 17.8 Å². The Morgan fingerprint density at radius 1 is 1.14 bits per heavy atom. The molecule has 2 rings (SSSR count). The summed E-state index contributed by atoms with van der Waals surface area (Å²) in [4.78, 5) is 25.6. The second kappa shape index (κ2) is 7.78. The van der Waals surface area contributed by atoms with Gasteiger partial charge in [-0.2, -0.15) is 0 Å². The Morgan fingerprint density at radius 3 is 2.48 bits per heavy atom. The van der Waals surface area contributed by atoms with Crippen LogP contribution in [-0.4, -0.2) is 48.1 Å². The summed E-state index contributed by atoms with van der Waals surface area (Å²) in [6.07, 6.45) is 5.70. The average molecular weight is 296 g/mol. The first-order valence-electron chi connectivity index (χ1n) is 8.31. The number of aliphatic carboxylic acids is 1. The fourth-order valence-corrected chi connectivity index (χ4v) is 3.50. The molecule has 0 aromatic carbocycles. The smallest absolute Gasteiger partial charge is 0.307 e. The molecule has 120 valence electrons. The van der Waals surface area contributed by atoms with E-state index < -0.39 is 11.9 Å². The molecule has 0 bridgehead atoms. The molecule has 1 heterocycles. The number of piperidine rings is 1. The molecule has 2 atom stereocenters. The number of likely N-dealkylation sites (tertiary alicyclic amines) is 1. The maximum Gasteiger partial charge on any atom is 0.307 e. The molecule has 5 nitrogen and oxygen atoms in total. The summed E-state index contributed by atoms with van der Waals surface area (Å²) in [5, 5.41) is 12.0. The lowest BCUT2D eigenvalue weighted by Gasteiger charge is -2.30. The molecule has 2 unspecified atom stereocenters. The lowest BCUT2D eigenvalue weighted by molar-refractivity contribution is -0.146. The minimum absolute atomic E-state index is 0.0628. The van der Waals surface area contributed by atoms with Crippen LogP contribution in [0.5, 0.6) is 0 Å². The van der Waals surface area contributed by atoms with Crippen LogP contribution < -0.4 is 5.32 Å². The number of hydrogen-bond donors (Lipinski definition) is 2. The number of nitrogens with zero attached hydrogens (tertiary/aromatic N) is 1. The number of amides is 1. The maximum absolute atomic E-state index is 12.1. The summed E-state index contributed by atoms with van der Waals surface area (Å²) in [5.74, 6) is -0.842. The first-order valence-corrected chi connectivity index (χ1v) is 8.31. The Kier molecular flexibility index (Phi) is 6.03. The molecule has 0 aromatic heterocycles. The molecule has 0 spiro atoms. The molecule has 2 N–H and O–H groups in total. The summed E-state index contributed by atoms with van der Waals surface area (Å²) in [5.41, 5.74) is 0. The zero-order chi connectivity index (χ0) is 15.2. The first kappa shape index (κ1) is 16.3. The molecule has 21 heavy (non-hydrogen) atoms. The van der Waals surface area contributed by atoms with Crippen molar-refractivity contribution in [1.82, 2.24) is 10.2 Å². The number of carboxylic acids is 1. The third-order valence-corrected chi connectivity index (χ3v) is 5.00. The highest BCUT2D eigenvalue weighted by atomic mass is 16.4. The van der Waals surface area contributed by atoms with Gasteiger partial charge in [-0.3, -0.25) is 9.59 Å². The van der Waals surface area contributed by atoms with Gasteiger partial charge in [0, 0.05) is 6.54 Å². The number of carboxylic acid groups (broad SMARTS) is 1. The van der Waals surface area contributed by atoms with Crippen molar-refractivity contribution < 1.29 is 14.7 Å². The molecular formula is C16H28N2O3. The molecule has 2 fully saturated rings. The lowest BCUT2D eigenvalue weighted by Crippen LogP contribution is -2.38. The van der Waals surface area contributed by atoms with E-state index in [4.69, 9.17) is 5.11 Å². The number of nitrogens with one attached hydrogen (secondary N) is 1. The molecule has 1 aliphatic heterocycles. The van der Waals surface area contributed by atoms with Gasteiger partial charge in [0.25, 0.3) is 0 Å². The van der Waals surface area contributed by atoms with Crippen molar-refractivity contribution in [1.29, 1.82) is 0 Å². The largest absolute Gasteiger partial charge is 0.481 e. The van der Waals surface area contributed by atoms with E-state index in [0.29, 0.717) is 19.4 Å². The van der Waals surface area contributed by atoms with Crippen LogP contribution in [0.25, 0.3) is 0 Å². The van der Waals surface area contributed by atoms with Gasteiger partial charge in [0.2, 0.25) is 5.91 Å². The Balaban J connectivity index is 1.62. The van der Waals surface area contributed by atoms with Gasteiger partial charge in [-0.25, -0.2) is 0 Å². The zero-order valence-corrected chi connectivity index (χ0v) is 13.0. The Morgan fingerprint density at radius 2 is 1.81 bits per heavy atom. The van der Waals surface area contributed by atoms with Crippen LogP contribution in [0.3, 0.4) is 0 Å². The summed E-state index contributed by atoms with van der Waals surface area (Å²) in [6.45, 7) is 6.32. The van der Waals surface area contributed by atoms with Crippen molar-refractivity contribution in [3.05, 3.63) is 0 Å². The molecule has 0 radical (unpaired) electrons. The lowest BCUT2D eigenvalue weighted by atomic mass is 9.95. The van der Waals surface area contributed by atoms with Gasteiger partial charge < -0.3 is 15.3 Å². The third-order valence-electron chi connectivity index (χ3n) is 5.00. The minimum atomic E-state index is -0.824. The second-order valence-corrected chi connectivity index (χ2v) is 6.65. The van der Waals surface area contributed by atoms with E-state index in [1.807, 2.05) is 0 Å². The minimum Gasteiger partial charge on any atom is -0.481 e. The van der Waals surface area contributed by atoms with Crippen LogP contribution in [-0.2, 0) is 9.59 Å². The van der Waals surface area contributed by atoms with E-state index in [1.165, 1.54) is 25.9 Å². The van der Waals surface area contributed by atoms with E-state index in [1.54, 1.807) is 0 Å². The van der Waals surface area contributed by atoms with Gasteiger partial charge in [-0.15, -0.1) is 0 Å². The van der Waals surface area contributed by atoms with E-state index in [9.17, 15) is 9.59 Å². The van der Waals surface area contributed by atoms with Crippen molar-refractivity contribution in [2.75, 3.05) is 26.2 Å². The predicted octanol–water partition coefficient (Wildman–Crippen LogP) is 1.73. The van der Waals surface area contributed by atoms with Crippen LogP contribution >= 0.6 is 0 Å². The van der Waals surface area contributed by atoms with E-state index in [2.05, 4.69) is 17.1 Å². The number of carbonyl (C=O) groups excluding carboxylic acids is 1. The molecule has 1 amide bonds. The normalized spacial score (nSPS) is 27.7. The van der Waals surface area contributed by atoms with Crippen molar-refractivity contribution in [3.63, 3.8) is 0 Å². The zero-order valence-electron chi connectivity index (χ0n) is 13.0. The monoisotopic (exact) mass is 296 g/mol. The van der Waals surface area contributed by atoms with Crippen molar-refractivity contribution >= 4 is 11.9 Å². The van der Waals surface area contributed by atoms with Crippen LogP contribution in [0.15, 0.2) is 0 Å². The van der Waals surface area contributed by atoms with Crippen molar-refractivity contribution in [2.45, 2.75) is 45.4 Å². The summed E-state index contributed by atoms with van der Waals surface area (Å²) < 4.78 is 0. The molecule has 0 aromatic rings. The summed E-state index contributed by atoms with van der Waals surface area (Å²) >= 11 is 0. The second-order valence-electron chi connectivity index (χ2n) is 6.65. The van der Waals surface area contributed by atoms with Crippen LogP contribution in [0.1, 0.15) is 45.4 Å². The van der Waals surface area contributed by atoms with E-state index >= 15 is 0 Å². The Labute approximate surface area is 127 Å². The molecule has 2 aliphatic rings. The van der Waals surface area contributed by atoms with Gasteiger partial charge in [-0.1, -0.05) is 13.3 Å².